The lowest BCUT2D eigenvalue weighted by atomic mass is 9.84. The van der Waals surface area contributed by atoms with E-state index in [0.717, 1.165) is 22.5 Å². The zero-order chi connectivity index (χ0) is 26.5. The van der Waals surface area contributed by atoms with Crippen LogP contribution in [-0.4, -0.2) is 13.3 Å². The van der Waals surface area contributed by atoms with Gasteiger partial charge in [-0.3, -0.25) is 0 Å². The molecule has 3 nitrogen and oxygen atoms in total. The molecule has 2 aliphatic heterocycles. The average molecular weight is 518 g/mol. The van der Waals surface area contributed by atoms with Crippen LogP contribution in [0.5, 0.6) is 0 Å². The van der Waals surface area contributed by atoms with E-state index in [9.17, 15) is 0 Å². The van der Waals surface area contributed by atoms with Crippen LogP contribution in [-0.2, 0) is 15.8 Å². The van der Waals surface area contributed by atoms with E-state index in [1.165, 1.54) is 27.8 Å². The molecule has 4 heteroatoms. The molecule has 192 valence electrons. The molecule has 4 aromatic rings. The van der Waals surface area contributed by atoms with E-state index >= 15 is 0 Å². The van der Waals surface area contributed by atoms with Crippen LogP contribution in [0.4, 0.5) is 0 Å². The van der Waals surface area contributed by atoms with Crippen molar-refractivity contribution in [2.24, 2.45) is 0 Å². The maximum atomic E-state index is 6.70. The molecule has 0 saturated heterocycles. The van der Waals surface area contributed by atoms with Crippen LogP contribution in [0.2, 0.25) is 18.1 Å². The fraction of sp³-hybridized carbons (Fsp3) is 0.265. The average Bonchev–Trinajstić information content (AvgIpc) is 3.55. The van der Waals surface area contributed by atoms with Gasteiger partial charge in [-0.15, -0.1) is 0 Å². The van der Waals surface area contributed by atoms with Gasteiger partial charge in [0.15, 0.2) is 8.32 Å². The fourth-order valence-corrected chi connectivity index (χ4v) is 6.19. The maximum Gasteiger partial charge on any atom is 0.192 e. The molecule has 3 heterocycles. The molecular formula is C34H35NO2Si. The quantitative estimate of drug-likeness (QED) is 0.189. The summed E-state index contributed by atoms with van der Waals surface area (Å²) in [5.41, 5.74) is 10.2. The molecule has 3 aromatic carbocycles. The third-order valence-electron chi connectivity index (χ3n) is 8.37. The number of hydrogen-bond donors (Lipinski definition) is 0. The molecule has 6 rings (SSSR count). The number of rotatable bonds is 6. The van der Waals surface area contributed by atoms with E-state index in [1.807, 2.05) is 0 Å². The topological polar surface area (TPSA) is 31.4 Å². The Morgan fingerprint density at radius 2 is 1.32 bits per heavy atom. The summed E-state index contributed by atoms with van der Waals surface area (Å²) in [6.45, 7) is 12.1. The van der Waals surface area contributed by atoms with Crippen molar-refractivity contribution in [1.29, 1.82) is 0 Å². The lowest BCUT2D eigenvalue weighted by Crippen LogP contribution is -2.40. The Balaban J connectivity index is 1.57. The highest BCUT2D eigenvalue weighted by Crippen LogP contribution is 2.54. The number of benzene rings is 3. The number of ether oxygens (including phenoxy) is 1. The first kappa shape index (κ1) is 25.0. The lowest BCUT2D eigenvalue weighted by Gasteiger charge is -2.36. The monoisotopic (exact) mass is 517 g/mol. The summed E-state index contributed by atoms with van der Waals surface area (Å²) >= 11 is 0. The molecule has 0 radical (unpaired) electrons. The fourth-order valence-electron chi connectivity index (χ4n) is 5.24. The van der Waals surface area contributed by atoms with Crippen LogP contribution in [0.3, 0.4) is 0 Å². The molecule has 1 aromatic heterocycles. The number of pyridine rings is 1. The van der Waals surface area contributed by atoms with Gasteiger partial charge in [-0.2, -0.15) is 0 Å². The van der Waals surface area contributed by atoms with Crippen molar-refractivity contribution >= 4 is 8.32 Å². The summed E-state index contributed by atoms with van der Waals surface area (Å²) in [7, 11) is -1.92. The lowest BCUT2D eigenvalue weighted by molar-refractivity contribution is 0.0881. The van der Waals surface area contributed by atoms with Gasteiger partial charge in [0.25, 0.3) is 0 Å². The Morgan fingerprint density at radius 1 is 0.737 bits per heavy atom. The van der Waals surface area contributed by atoms with Gasteiger partial charge < -0.3 is 9.16 Å². The Hall–Kier alpha value is -3.31. The van der Waals surface area contributed by atoms with E-state index in [0.29, 0.717) is 6.61 Å². The predicted molar refractivity (Wildman–Crippen MR) is 158 cm³/mol. The molecule has 2 atom stereocenters. The van der Waals surface area contributed by atoms with Crippen molar-refractivity contribution in [2.75, 3.05) is 0 Å². The van der Waals surface area contributed by atoms with Crippen LogP contribution in [0, 0.1) is 0 Å². The highest BCUT2D eigenvalue weighted by atomic mass is 28.4. The van der Waals surface area contributed by atoms with Crippen LogP contribution >= 0.6 is 0 Å². The van der Waals surface area contributed by atoms with E-state index in [4.69, 9.17) is 14.1 Å². The summed E-state index contributed by atoms with van der Waals surface area (Å²) in [5.74, 6) is 0. The zero-order valence-electron chi connectivity index (χ0n) is 22.9. The van der Waals surface area contributed by atoms with Gasteiger partial charge in [0.2, 0.25) is 0 Å². The highest BCUT2D eigenvalue weighted by Gasteiger charge is 2.41. The van der Waals surface area contributed by atoms with Crippen LogP contribution in [0.1, 0.15) is 49.7 Å². The maximum absolute atomic E-state index is 6.70. The Kier molecular flexibility index (Phi) is 6.22. The standard InChI is InChI=1S/C34H35NO2Si/c1-34(2,3)38(4,5)36-22-25-18-12-13-19-26(25)33-31-28-21-20-27(37-28)30(31)29(23-14-8-6-9-15-23)32(35-33)24-16-10-7-11-17-24/h6-21,27-28H,22H2,1-5H3. The molecule has 0 fully saturated rings. The Labute approximate surface area is 227 Å². The molecule has 0 amide bonds. The predicted octanol–water partition coefficient (Wildman–Crippen LogP) is 9.29. The summed E-state index contributed by atoms with van der Waals surface area (Å²) in [6.07, 6.45) is 4.23. The first-order chi connectivity index (χ1) is 18.2. The second kappa shape index (κ2) is 9.46. The second-order valence-corrected chi connectivity index (χ2v) is 16.6. The van der Waals surface area contributed by atoms with Crippen molar-refractivity contribution in [1.82, 2.24) is 4.98 Å². The van der Waals surface area contributed by atoms with Crippen LogP contribution in [0.15, 0.2) is 97.1 Å². The SMILES string of the molecule is CC(C)(C)[Si](C)(C)OCc1ccccc1-c1nc(-c2ccccc2)c(-c2ccccc2)c2c1C1C=CC2O1. The van der Waals surface area contributed by atoms with E-state index in [1.54, 1.807) is 0 Å². The van der Waals surface area contributed by atoms with E-state index in [2.05, 4.69) is 131 Å². The van der Waals surface area contributed by atoms with Gasteiger partial charge in [0.1, 0.15) is 12.2 Å². The molecule has 2 aliphatic rings. The minimum Gasteiger partial charge on any atom is -0.413 e. The van der Waals surface area contributed by atoms with Crippen LogP contribution < -0.4 is 0 Å². The largest absolute Gasteiger partial charge is 0.413 e. The Morgan fingerprint density at radius 3 is 1.97 bits per heavy atom. The molecule has 0 saturated carbocycles. The van der Waals surface area contributed by atoms with E-state index < -0.39 is 8.32 Å². The zero-order valence-corrected chi connectivity index (χ0v) is 23.9. The number of fused-ring (bicyclic) bond motifs is 5. The van der Waals surface area contributed by atoms with Gasteiger partial charge in [-0.05, 0) is 29.3 Å². The minimum absolute atomic E-state index is 0.0648. The normalized spacial score (nSPS) is 18.1. The summed E-state index contributed by atoms with van der Waals surface area (Å²) in [6, 6.07) is 29.8. The Bertz CT molecular complexity index is 1500. The van der Waals surface area contributed by atoms with Gasteiger partial charge in [0.05, 0.1) is 18.0 Å². The number of aromatic nitrogens is 1. The van der Waals surface area contributed by atoms with Crippen LogP contribution in [0.25, 0.3) is 33.6 Å². The van der Waals surface area contributed by atoms with Gasteiger partial charge >= 0.3 is 0 Å². The van der Waals surface area contributed by atoms with Crippen molar-refractivity contribution < 1.29 is 9.16 Å². The minimum atomic E-state index is -1.92. The molecule has 2 unspecified atom stereocenters. The third-order valence-corrected chi connectivity index (χ3v) is 12.9. The molecule has 0 N–H and O–H groups in total. The molecule has 38 heavy (non-hydrogen) atoms. The van der Waals surface area contributed by atoms with Gasteiger partial charge in [-0.1, -0.05) is 118 Å². The summed E-state index contributed by atoms with van der Waals surface area (Å²) in [5, 5.41) is 0.150. The van der Waals surface area contributed by atoms with Crippen molar-refractivity contribution in [3.63, 3.8) is 0 Å². The number of hydrogen-bond acceptors (Lipinski definition) is 3. The van der Waals surface area contributed by atoms with Crippen molar-refractivity contribution in [2.45, 2.75) is 57.7 Å². The molecule has 2 bridgehead atoms. The van der Waals surface area contributed by atoms with Gasteiger partial charge in [0, 0.05) is 27.8 Å². The van der Waals surface area contributed by atoms with E-state index in [-0.39, 0.29) is 17.2 Å². The number of nitrogens with zero attached hydrogens (tertiary/aromatic N) is 1. The first-order valence-corrected chi connectivity index (χ1v) is 16.4. The molecular weight excluding hydrogens is 482 g/mol. The summed E-state index contributed by atoms with van der Waals surface area (Å²) < 4.78 is 13.2. The molecule has 0 spiro atoms. The van der Waals surface area contributed by atoms with Gasteiger partial charge in [-0.25, -0.2) is 4.98 Å². The third kappa shape index (κ3) is 4.27. The van der Waals surface area contributed by atoms with Crippen molar-refractivity contribution in [3.05, 3.63) is 114 Å². The summed E-state index contributed by atoms with van der Waals surface area (Å²) in [4.78, 5) is 5.48. The smallest absolute Gasteiger partial charge is 0.192 e. The first-order valence-electron chi connectivity index (χ1n) is 13.5. The van der Waals surface area contributed by atoms with Crippen molar-refractivity contribution in [3.8, 4) is 33.6 Å². The second-order valence-electron chi connectivity index (χ2n) is 11.8. The highest BCUT2D eigenvalue weighted by molar-refractivity contribution is 6.74. The molecule has 0 aliphatic carbocycles.